The van der Waals surface area contributed by atoms with Crippen molar-refractivity contribution in [1.82, 2.24) is 4.90 Å². The van der Waals surface area contributed by atoms with E-state index in [4.69, 9.17) is 9.47 Å². The van der Waals surface area contributed by atoms with E-state index >= 15 is 0 Å². The van der Waals surface area contributed by atoms with Crippen LogP contribution in [0.4, 0.5) is 15.8 Å². The van der Waals surface area contributed by atoms with E-state index in [0.29, 0.717) is 18.0 Å². The lowest BCUT2D eigenvalue weighted by Crippen LogP contribution is -2.46. The summed E-state index contributed by atoms with van der Waals surface area (Å²) in [5.74, 6) is -0.204. The topological polar surface area (TPSA) is 54.0 Å². The van der Waals surface area contributed by atoms with Crippen LogP contribution in [0.15, 0.2) is 42.5 Å². The highest BCUT2D eigenvalue weighted by atomic mass is 19.1. The second-order valence-corrected chi connectivity index (χ2v) is 7.21. The third kappa shape index (κ3) is 5.86. The number of benzene rings is 2. The van der Waals surface area contributed by atoms with Crippen molar-refractivity contribution in [3.8, 4) is 11.5 Å². The van der Waals surface area contributed by atoms with E-state index in [1.807, 2.05) is 25.1 Å². The van der Waals surface area contributed by atoms with Crippen molar-refractivity contribution in [3.05, 3.63) is 48.3 Å². The lowest BCUT2D eigenvalue weighted by Gasteiger charge is -2.36. The Labute approximate surface area is 177 Å². The summed E-state index contributed by atoms with van der Waals surface area (Å²) in [5.41, 5.74) is 1.66. The molecule has 6 nitrogen and oxygen atoms in total. The number of hydrogen-bond donors (Lipinski definition) is 1. The van der Waals surface area contributed by atoms with Gasteiger partial charge < -0.3 is 19.7 Å². The molecule has 1 aliphatic rings. The summed E-state index contributed by atoms with van der Waals surface area (Å²) in [7, 11) is 0. The molecule has 7 heteroatoms. The Morgan fingerprint density at radius 1 is 1.03 bits per heavy atom. The van der Waals surface area contributed by atoms with Crippen molar-refractivity contribution < 1.29 is 18.7 Å². The minimum absolute atomic E-state index is 0.0512. The van der Waals surface area contributed by atoms with Crippen molar-refractivity contribution in [1.29, 1.82) is 0 Å². The summed E-state index contributed by atoms with van der Waals surface area (Å²) in [6.45, 7) is 9.47. The molecule has 3 rings (SSSR count). The van der Waals surface area contributed by atoms with Crippen LogP contribution in [0.1, 0.15) is 20.3 Å². The molecule has 2 aromatic carbocycles. The molecule has 2 aromatic rings. The molecule has 1 amide bonds. The lowest BCUT2D eigenvalue weighted by molar-refractivity contribution is -0.118. The predicted octanol–water partition coefficient (Wildman–Crippen LogP) is 3.77. The minimum Gasteiger partial charge on any atom is -0.492 e. The average Bonchev–Trinajstić information content (AvgIpc) is 2.75. The molecule has 0 radical (unpaired) electrons. The third-order valence-electron chi connectivity index (χ3n) is 5.01. The van der Waals surface area contributed by atoms with Crippen LogP contribution in [0.3, 0.4) is 0 Å². The molecule has 1 fully saturated rings. The van der Waals surface area contributed by atoms with Crippen LogP contribution >= 0.6 is 0 Å². The second kappa shape index (κ2) is 10.8. The maximum Gasteiger partial charge on any atom is 0.262 e. The molecule has 1 heterocycles. The van der Waals surface area contributed by atoms with Gasteiger partial charge >= 0.3 is 0 Å². The molecule has 0 atom stereocenters. The van der Waals surface area contributed by atoms with Crippen molar-refractivity contribution in [3.63, 3.8) is 0 Å². The quantitative estimate of drug-likeness (QED) is 0.676. The highest BCUT2D eigenvalue weighted by Gasteiger charge is 2.18. The molecular weight excluding hydrogens is 385 g/mol. The molecule has 0 aromatic heterocycles. The maximum atomic E-state index is 13.6. The molecular formula is C23H30FN3O3. The van der Waals surface area contributed by atoms with Crippen molar-refractivity contribution in [2.75, 3.05) is 56.2 Å². The van der Waals surface area contributed by atoms with Gasteiger partial charge in [0.1, 0.15) is 5.75 Å². The zero-order chi connectivity index (χ0) is 21.3. The van der Waals surface area contributed by atoms with E-state index in [2.05, 4.69) is 22.0 Å². The molecule has 1 saturated heterocycles. The summed E-state index contributed by atoms with van der Waals surface area (Å²) >= 11 is 0. The van der Waals surface area contributed by atoms with E-state index in [0.717, 1.165) is 38.4 Å². The van der Waals surface area contributed by atoms with Crippen molar-refractivity contribution in [2.24, 2.45) is 0 Å². The molecule has 0 bridgehead atoms. The van der Waals surface area contributed by atoms with Crippen LogP contribution in [0.5, 0.6) is 11.5 Å². The Hall–Kier alpha value is -2.80. The molecule has 1 aliphatic heterocycles. The SMILES string of the molecule is CCCN1CCN(c2ccc(NC(=O)COc3ccccc3F)c(OCC)c2)CC1. The van der Waals surface area contributed by atoms with Gasteiger partial charge in [-0.2, -0.15) is 0 Å². The van der Waals surface area contributed by atoms with Gasteiger partial charge in [-0.05, 0) is 44.2 Å². The lowest BCUT2D eigenvalue weighted by atomic mass is 10.2. The summed E-state index contributed by atoms with van der Waals surface area (Å²) < 4.78 is 24.7. The normalized spacial score (nSPS) is 14.4. The fraction of sp³-hybridized carbons (Fsp3) is 0.435. The first-order valence-electron chi connectivity index (χ1n) is 10.5. The molecule has 30 heavy (non-hydrogen) atoms. The number of carbonyl (C=O) groups excluding carboxylic acids is 1. The summed E-state index contributed by atoms with van der Waals surface area (Å²) in [5, 5.41) is 2.80. The molecule has 0 aliphatic carbocycles. The average molecular weight is 416 g/mol. The van der Waals surface area contributed by atoms with Crippen LogP contribution in [0.2, 0.25) is 0 Å². The smallest absolute Gasteiger partial charge is 0.262 e. The summed E-state index contributed by atoms with van der Waals surface area (Å²) in [6, 6.07) is 11.8. The van der Waals surface area contributed by atoms with Crippen LogP contribution in [0, 0.1) is 5.82 Å². The number of ether oxygens (including phenoxy) is 2. The van der Waals surface area contributed by atoms with E-state index < -0.39 is 5.82 Å². The first kappa shape index (κ1) is 21.9. The fourth-order valence-electron chi connectivity index (χ4n) is 3.52. The number of carbonyl (C=O) groups is 1. The molecule has 0 saturated carbocycles. The second-order valence-electron chi connectivity index (χ2n) is 7.21. The van der Waals surface area contributed by atoms with Crippen LogP contribution in [0.25, 0.3) is 0 Å². The van der Waals surface area contributed by atoms with Gasteiger partial charge in [0.05, 0.1) is 12.3 Å². The number of hydrogen-bond acceptors (Lipinski definition) is 5. The number of anilines is 2. The highest BCUT2D eigenvalue weighted by Crippen LogP contribution is 2.31. The Morgan fingerprint density at radius 3 is 2.50 bits per heavy atom. The first-order chi connectivity index (χ1) is 14.6. The number of amides is 1. The summed E-state index contributed by atoms with van der Waals surface area (Å²) in [6.07, 6.45) is 1.17. The van der Waals surface area contributed by atoms with Crippen LogP contribution < -0.4 is 19.7 Å². The van der Waals surface area contributed by atoms with Crippen LogP contribution in [-0.2, 0) is 4.79 Å². The molecule has 0 spiro atoms. The summed E-state index contributed by atoms with van der Waals surface area (Å²) in [4.78, 5) is 17.1. The number of nitrogens with zero attached hydrogens (tertiary/aromatic N) is 2. The van der Waals surface area contributed by atoms with Gasteiger partial charge in [0.2, 0.25) is 0 Å². The molecule has 0 unspecified atom stereocenters. The van der Waals surface area contributed by atoms with Gasteiger partial charge in [-0.25, -0.2) is 4.39 Å². The van der Waals surface area contributed by atoms with Crippen molar-refractivity contribution in [2.45, 2.75) is 20.3 Å². The van der Waals surface area contributed by atoms with E-state index in [1.165, 1.54) is 18.6 Å². The fourth-order valence-corrected chi connectivity index (χ4v) is 3.52. The van der Waals surface area contributed by atoms with Gasteiger partial charge in [0.25, 0.3) is 5.91 Å². The largest absolute Gasteiger partial charge is 0.492 e. The predicted molar refractivity (Wildman–Crippen MR) is 117 cm³/mol. The van der Waals surface area contributed by atoms with E-state index in [-0.39, 0.29) is 18.3 Å². The highest BCUT2D eigenvalue weighted by molar-refractivity contribution is 5.93. The Morgan fingerprint density at radius 2 is 1.80 bits per heavy atom. The van der Waals surface area contributed by atoms with E-state index in [1.54, 1.807) is 12.1 Å². The standard InChI is InChI=1S/C23H30FN3O3/c1-3-11-26-12-14-27(15-13-26)18-9-10-20(22(16-18)29-4-2)25-23(28)17-30-21-8-6-5-7-19(21)24/h5-10,16H,3-4,11-15,17H2,1-2H3,(H,25,28). The maximum absolute atomic E-state index is 13.6. The van der Waals surface area contributed by atoms with Gasteiger partial charge in [0, 0.05) is 37.9 Å². The van der Waals surface area contributed by atoms with Crippen LogP contribution in [-0.4, -0.2) is 56.7 Å². The first-order valence-corrected chi connectivity index (χ1v) is 10.5. The van der Waals surface area contributed by atoms with E-state index in [9.17, 15) is 9.18 Å². The number of piperazine rings is 1. The monoisotopic (exact) mass is 415 g/mol. The number of para-hydroxylation sites is 1. The number of rotatable bonds is 9. The molecule has 1 N–H and O–H groups in total. The third-order valence-corrected chi connectivity index (χ3v) is 5.01. The van der Waals surface area contributed by atoms with Crippen molar-refractivity contribution >= 4 is 17.3 Å². The number of halogens is 1. The zero-order valence-electron chi connectivity index (χ0n) is 17.7. The Bertz CT molecular complexity index is 838. The minimum atomic E-state index is -0.497. The van der Waals surface area contributed by atoms with Gasteiger partial charge in [-0.3, -0.25) is 9.69 Å². The van der Waals surface area contributed by atoms with Gasteiger partial charge in [-0.15, -0.1) is 0 Å². The number of nitrogens with one attached hydrogen (secondary N) is 1. The molecule has 162 valence electrons. The zero-order valence-corrected chi connectivity index (χ0v) is 17.7. The van der Waals surface area contributed by atoms with Gasteiger partial charge in [-0.1, -0.05) is 19.1 Å². The Balaban J connectivity index is 1.62. The Kier molecular flexibility index (Phi) is 7.90. The van der Waals surface area contributed by atoms with Gasteiger partial charge in [0.15, 0.2) is 18.2 Å².